The molecule has 3 N–H and O–H groups in total. The van der Waals surface area contributed by atoms with Gasteiger partial charge in [0.1, 0.15) is 0 Å². The van der Waals surface area contributed by atoms with E-state index < -0.39 is 10.0 Å². The van der Waals surface area contributed by atoms with Crippen LogP contribution < -0.4 is 10.5 Å². The number of nitrogens with one attached hydrogen (secondary N) is 1. The lowest BCUT2D eigenvalue weighted by atomic mass is 9.99. The number of sulfonamides is 1. The maximum Gasteiger partial charge on any atom is 0.273 e. The van der Waals surface area contributed by atoms with Crippen LogP contribution in [0.1, 0.15) is 36.6 Å². The molecule has 0 aliphatic carbocycles. The fourth-order valence-electron chi connectivity index (χ4n) is 2.14. The zero-order chi connectivity index (χ0) is 15.8. The van der Waals surface area contributed by atoms with E-state index >= 15 is 0 Å². The molecule has 0 atom stereocenters. The summed E-state index contributed by atoms with van der Waals surface area (Å²) in [6.07, 6.45) is 0. The van der Waals surface area contributed by atoms with Crippen LogP contribution in [0, 0.1) is 13.8 Å². The number of hydrogen-bond acceptors (Lipinski definition) is 5. The molecule has 2 aromatic rings. The number of anilines is 2. The van der Waals surface area contributed by atoms with Gasteiger partial charge in [0.25, 0.3) is 10.0 Å². The first-order chi connectivity index (χ1) is 9.72. The fraction of sp³-hybridized carbons (Fsp3) is 0.357. The number of nitrogens with zero attached hydrogens (tertiary/aromatic N) is 1. The van der Waals surface area contributed by atoms with Gasteiger partial charge in [-0.25, -0.2) is 13.4 Å². The van der Waals surface area contributed by atoms with Gasteiger partial charge in [-0.1, -0.05) is 43.4 Å². The highest BCUT2D eigenvalue weighted by molar-refractivity contribution is 7.94. The van der Waals surface area contributed by atoms with Crippen LogP contribution in [0.2, 0.25) is 0 Å². The molecule has 21 heavy (non-hydrogen) atoms. The molecular weight excluding hydrogens is 306 g/mol. The molecule has 0 amide bonds. The molecule has 0 aliphatic rings. The van der Waals surface area contributed by atoms with Crippen molar-refractivity contribution in [3.8, 4) is 0 Å². The second-order valence-corrected chi connectivity index (χ2v) is 8.13. The molecule has 0 aliphatic heterocycles. The smallest absolute Gasteiger partial charge is 0.273 e. The van der Waals surface area contributed by atoms with Crippen LogP contribution in [-0.2, 0) is 10.0 Å². The highest BCUT2D eigenvalue weighted by atomic mass is 32.2. The Bertz CT molecular complexity index is 765. The van der Waals surface area contributed by atoms with E-state index in [2.05, 4.69) is 9.71 Å². The van der Waals surface area contributed by atoms with Crippen LogP contribution in [0.15, 0.2) is 22.4 Å². The summed E-state index contributed by atoms with van der Waals surface area (Å²) in [7, 11) is -3.68. The number of aryl methyl sites for hydroxylation is 2. The van der Waals surface area contributed by atoms with Gasteiger partial charge in [0.15, 0.2) is 9.34 Å². The SMILES string of the molecule is Cc1cccc(C(C)C)c1NS(=O)(=O)c1sc(N)nc1C. The second-order valence-electron chi connectivity index (χ2n) is 5.22. The summed E-state index contributed by atoms with van der Waals surface area (Å²) in [5.74, 6) is 0.218. The largest absolute Gasteiger partial charge is 0.375 e. The average molecular weight is 325 g/mol. The van der Waals surface area contributed by atoms with E-state index in [0.717, 1.165) is 22.5 Å². The summed E-state index contributed by atoms with van der Waals surface area (Å²) in [5, 5.41) is 0.252. The average Bonchev–Trinajstić information content (AvgIpc) is 2.71. The van der Waals surface area contributed by atoms with Crippen LogP contribution in [-0.4, -0.2) is 13.4 Å². The maximum atomic E-state index is 12.6. The third-order valence-corrected chi connectivity index (χ3v) is 6.12. The highest BCUT2D eigenvalue weighted by Crippen LogP contribution is 2.32. The Balaban J connectivity index is 2.49. The number of benzene rings is 1. The Hall–Kier alpha value is -1.60. The monoisotopic (exact) mass is 325 g/mol. The lowest BCUT2D eigenvalue weighted by molar-refractivity contribution is 0.602. The lowest BCUT2D eigenvalue weighted by Crippen LogP contribution is -2.15. The molecule has 0 radical (unpaired) electrons. The zero-order valence-electron chi connectivity index (χ0n) is 12.5. The minimum atomic E-state index is -3.68. The Morgan fingerprint density at radius 2 is 1.95 bits per heavy atom. The van der Waals surface area contributed by atoms with E-state index in [4.69, 9.17) is 5.73 Å². The van der Waals surface area contributed by atoms with Crippen molar-refractivity contribution in [2.75, 3.05) is 10.5 Å². The molecule has 1 aromatic carbocycles. The van der Waals surface area contributed by atoms with Gasteiger partial charge in [-0.3, -0.25) is 4.72 Å². The second kappa shape index (κ2) is 5.65. The van der Waals surface area contributed by atoms with E-state index in [0.29, 0.717) is 11.4 Å². The predicted molar refractivity (Wildman–Crippen MR) is 87.3 cm³/mol. The third kappa shape index (κ3) is 3.19. The summed E-state index contributed by atoms with van der Waals surface area (Å²) in [6, 6.07) is 5.75. The minimum absolute atomic E-state index is 0.165. The quantitative estimate of drug-likeness (QED) is 0.903. The van der Waals surface area contributed by atoms with Crippen molar-refractivity contribution in [2.45, 2.75) is 37.8 Å². The molecule has 2 rings (SSSR count). The van der Waals surface area contributed by atoms with Crippen LogP contribution in [0.5, 0.6) is 0 Å². The standard InChI is InChI=1S/C14H19N3O2S2/c1-8(2)11-7-5-6-9(3)12(11)17-21(18,19)13-10(4)16-14(15)20-13/h5-8,17H,1-4H3,(H2,15,16). The van der Waals surface area contributed by atoms with Crippen LogP contribution in [0.25, 0.3) is 0 Å². The van der Waals surface area contributed by atoms with Crippen LogP contribution in [0.3, 0.4) is 0 Å². The summed E-state index contributed by atoms with van der Waals surface area (Å²) < 4.78 is 28.0. The molecular formula is C14H19N3O2S2. The highest BCUT2D eigenvalue weighted by Gasteiger charge is 2.23. The third-order valence-electron chi connectivity index (χ3n) is 3.18. The van der Waals surface area contributed by atoms with E-state index in [-0.39, 0.29) is 15.3 Å². The van der Waals surface area contributed by atoms with Crippen LogP contribution >= 0.6 is 11.3 Å². The normalized spacial score (nSPS) is 11.9. The van der Waals surface area contributed by atoms with E-state index in [9.17, 15) is 8.42 Å². The number of para-hydroxylation sites is 1. The Morgan fingerprint density at radius 3 is 2.48 bits per heavy atom. The molecule has 114 valence electrons. The van der Waals surface area contributed by atoms with Gasteiger partial charge in [0.05, 0.1) is 11.4 Å². The first-order valence-corrected chi connectivity index (χ1v) is 8.87. The maximum absolute atomic E-state index is 12.6. The van der Waals surface area contributed by atoms with Gasteiger partial charge in [0.2, 0.25) is 0 Å². The molecule has 1 heterocycles. The number of nitrogen functional groups attached to an aromatic ring is 1. The molecule has 1 aromatic heterocycles. The number of thiazole rings is 1. The van der Waals surface area contributed by atoms with E-state index in [1.54, 1.807) is 6.92 Å². The number of rotatable bonds is 4. The van der Waals surface area contributed by atoms with Crippen molar-refractivity contribution in [3.05, 3.63) is 35.0 Å². The Kier molecular flexibility index (Phi) is 4.25. The number of hydrogen-bond donors (Lipinski definition) is 2. The molecule has 5 nitrogen and oxygen atoms in total. The van der Waals surface area contributed by atoms with Gasteiger partial charge >= 0.3 is 0 Å². The summed E-state index contributed by atoms with van der Waals surface area (Å²) >= 11 is 0.977. The fourth-order valence-corrected chi connectivity index (χ4v) is 4.60. The predicted octanol–water partition coefficient (Wildman–Crippen LogP) is 3.27. The molecule has 0 saturated heterocycles. The first kappa shape index (κ1) is 15.8. The molecule has 0 fully saturated rings. The van der Waals surface area contributed by atoms with Gasteiger partial charge < -0.3 is 5.73 Å². The molecule has 0 saturated carbocycles. The Labute approximate surface area is 129 Å². The summed E-state index contributed by atoms with van der Waals surface area (Å²) in [5.41, 5.74) is 8.51. The van der Waals surface area contributed by atoms with Gasteiger partial charge in [-0.05, 0) is 30.9 Å². The van der Waals surface area contributed by atoms with E-state index in [1.807, 2.05) is 39.0 Å². The molecule has 0 unspecified atom stereocenters. The van der Waals surface area contributed by atoms with E-state index in [1.165, 1.54) is 0 Å². The number of nitrogens with two attached hydrogens (primary N) is 1. The van der Waals surface area contributed by atoms with Crippen molar-refractivity contribution in [1.82, 2.24) is 4.98 Å². The van der Waals surface area contributed by atoms with Crippen molar-refractivity contribution in [3.63, 3.8) is 0 Å². The summed E-state index contributed by atoms with van der Waals surface area (Å²) in [4.78, 5) is 3.98. The lowest BCUT2D eigenvalue weighted by Gasteiger charge is -2.17. The van der Waals surface area contributed by atoms with Crippen molar-refractivity contribution >= 4 is 32.2 Å². The zero-order valence-corrected chi connectivity index (χ0v) is 14.1. The molecule has 7 heteroatoms. The van der Waals surface area contributed by atoms with Crippen molar-refractivity contribution < 1.29 is 8.42 Å². The van der Waals surface area contributed by atoms with Crippen LogP contribution in [0.4, 0.5) is 10.8 Å². The minimum Gasteiger partial charge on any atom is -0.375 e. The first-order valence-electron chi connectivity index (χ1n) is 6.57. The van der Waals surface area contributed by atoms with Crippen molar-refractivity contribution in [2.24, 2.45) is 0 Å². The number of aromatic nitrogens is 1. The molecule has 0 spiro atoms. The summed E-state index contributed by atoms with van der Waals surface area (Å²) in [6.45, 7) is 7.59. The Morgan fingerprint density at radius 1 is 1.29 bits per heavy atom. The van der Waals surface area contributed by atoms with Gasteiger partial charge in [-0.15, -0.1) is 0 Å². The molecule has 0 bridgehead atoms. The van der Waals surface area contributed by atoms with Gasteiger partial charge in [-0.2, -0.15) is 0 Å². The topological polar surface area (TPSA) is 85.1 Å². The van der Waals surface area contributed by atoms with Gasteiger partial charge in [0, 0.05) is 0 Å². The van der Waals surface area contributed by atoms with Crippen molar-refractivity contribution in [1.29, 1.82) is 0 Å².